The van der Waals surface area contributed by atoms with Crippen molar-refractivity contribution in [2.75, 3.05) is 0 Å². The molecule has 1 heteroatoms. The minimum atomic E-state index is 0.287. The van der Waals surface area contributed by atoms with Gasteiger partial charge in [0.15, 0.2) is 0 Å². The van der Waals surface area contributed by atoms with Crippen LogP contribution in [0.2, 0.25) is 0 Å². The maximum Gasteiger partial charge on any atom is 0.0308 e. The minimum absolute atomic E-state index is 0.287. The Morgan fingerprint density at radius 3 is 2.62 bits per heavy atom. The predicted molar refractivity (Wildman–Crippen MR) is 72.2 cm³/mol. The average Bonchev–Trinajstić information content (AvgIpc) is 2.29. The van der Waals surface area contributed by atoms with E-state index in [1.54, 1.807) is 0 Å². The molecule has 0 fully saturated rings. The molecule has 0 aliphatic rings. The first-order chi connectivity index (χ1) is 7.77. The van der Waals surface area contributed by atoms with Gasteiger partial charge in [0.05, 0.1) is 0 Å². The summed E-state index contributed by atoms with van der Waals surface area (Å²) in [7, 11) is 0. The summed E-state index contributed by atoms with van der Waals surface area (Å²) in [6.07, 6.45) is 3.38. The molecular weight excluding hydrogens is 216 g/mol. The van der Waals surface area contributed by atoms with E-state index in [2.05, 4.69) is 49.4 Å². The van der Waals surface area contributed by atoms with E-state index in [0.29, 0.717) is 0 Å². The van der Waals surface area contributed by atoms with Crippen LogP contribution in [0.4, 0.5) is 0 Å². The van der Waals surface area contributed by atoms with Gasteiger partial charge >= 0.3 is 0 Å². The highest BCUT2D eigenvalue weighted by atomic mass is 35.5. The fraction of sp³-hybridized carbons (Fsp3) is 0.333. The van der Waals surface area contributed by atoms with Crippen molar-refractivity contribution in [3.63, 3.8) is 0 Å². The van der Waals surface area contributed by atoms with Crippen molar-refractivity contribution in [3.8, 4) is 0 Å². The summed E-state index contributed by atoms with van der Waals surface area (Å²) in [5.74, 6) is 0. The zero-order valence-corrected chi connectivity index (χ0v) is 10.4. The molecule has 84 valence electrons. The summed E-state index contributed by atoms with van der Waals surface area (Å²) in [5.41, 5.74) is 1.44. The zero-order chi connectivity index (χ0) is 11.4. The van der Waals surface area contributed by atoms with E-state index >= 15 is 0 Å². The van der Waals surface area contributed by atoms with Crippen LogP contribution >= 0.6 is 11.6 Å². The van der Waals surface area contributed by atoms with Gasteiger partial charge in [0.1, 0.15) is 0 Å². The molecule has 0 bridgehead atoms. The van der Waals surface area contributed by atoms with Gasteiger partial charge in [-0.3, -0.25) is 0 Å². The molecule has 0 amide bonds. The maximum atomic E-state index is 5.96. The number of hydrogen-bond acceptors (Lipinski definition) is 0. The predicted octanol–water partition coefficient (Wildman–Crippen LogP) is 4.79. The Labute approximate surface area is 102 Å². The van der Waals surface area contributed by atoms with Crippen LogP contribution in [0.3, 0.4) is 0 Å². The van der Waals surface area contributed by atoms with Gasteiger partial charge in [-0.25, -0.2) is 0 Å². The van der Waals surface area contributed by atoms with Gasteiger partial charge in [0.2, 0.25) is 0 Å². The monoisotopic (exact) mass is 232 g/mol. The summed E-state index contributed by atoms with van der Waals surface area (Å²) in [6.45, 7) is 2.06. The van der Waals surface area contributed by atoms with Crippen LogP contribution in [0, 0.1) is 0 Å². The number of alkyl halides is 1. The van der Waals surface area contributed by atoms with Crippen LogP contribution in [0.25, 0.3) is 10.8 Å². The molecule has 1 unspecified atom stereocenters. The molecule has 0 heterocycles. The first kappa shape index (κ1) is 11.5. The zero-order valence-electron chi connectivity index (χ0n) is 9.62. The molecule has 0 aliphatic carbocycles. The molecule has 0 saturated carbocycles. The molecule has 2 rings (SSSR count). The van der Waals surface area contributed by atoms with Crippen molar-refractivity contribution in [1.29, 1.82) is 0 Å². The first-order valence-corrected chi connectivity index (χ1v) is 6.32. The lowest BCUT2D eigenvalue weighted by Crippen LogP contribution is -1.93. The lowest BCUT2D eigenvalue weighted by Gasteiger charge is -2.07. The van der Waals surface area contributed by atoms with Gasteiger partial charge in [-0.1, -0.05) is 42.5 Å². The van der Waals surface area contributed by atoms with E-state index in [1.165, 1.54) is 22.8 Å². The highest BCUT2D eigenvalue weighted by Crippen LogP contribution is 2.20. The Balaban J connectivity index is 2.17. The van der Waals surface area contributed by atoms with Gasteiger partial charge in [-0.2, -0.15) is 0 Å². The van der Waals surface area contributed by atoms with Crippen LogP contribution in [-0.4, -0.2) is 5.38 Å². The molecule has 0 N–H and O–H groups in total. The van der Waals surface area contributed by atoms with E-state index in [9.17, 15) is 0 Å². The van der Waals surface area contributed by atoms with Crippen molar-refractivity contribution in [2.24, 2.45) is 0 Å². The lowest BCUT2D eigenvalue weighted by atomic mass is 10.00. The third-order valence-corrected chi connectivity index (χ3v) is 3.15. The van der Waals surface area contributed by atoms with E-state index in [-0.39, 0.29) is 5.38 Å². The second-order valence-corrected chi connectivity index (χ2v) is 5.06. The number of hydrogen-bond donors (Lipinski definition) is 0. The molecule has 2 aromatic carbocycles. The van der Waals surface area contributed by atoms with E-state index in [1.807, 2.05) is 0 Å². The summed E-state index contributed by atoms with van der Waals surface area (Å²) in [6, 6.07) is 15.1. The van der Waals surface area contributed by atoms with Gasteiger partial charge in [-0.05, 0) is 42.5 Å². The standard InChI is InChI=1S/C15H17Cl/c1-12(16)6-4-8-14-10-5-9-13-7-2-3-11-15(13)14/h2-3,5,7,9-12H,4,6,8H2,1H3. The Hall–Kier alpha value is -1.01. The van der Waals surface area contributed by atoms with Crippen molar-refractivity contribution in [1.82, 2.24) is 0 Å². The molecule has 0 aromatic heterocycles. The van der Waals surface area contributed by atoms with Gasteiger partial charge in [0.25, 0.3) is 0 Å². The van der Waals surface area contributed by atoms with E-state index in [0.717, 1.165) is 12.8 Å². The van der Waals surface area contributed by atoms with Crippen molar-refractivity contribution >= 4 is 22.4 Å². The summed E-state index contributed by atoms with van der Waals surface area (Å²) >= 11 is 5.96. The van der Waals surface area contributed by atoms with Crippen LogP contribution in [-0.2, 0) is 6.42 Å². The Morgan fingerprint density at radius 1 is 1.06 bits per heavy atom. The summed E-state index contributed by atoms with van der Waals surface area (Å²) < 4.78 is 0. The molecule has 2 aromatic rings. The normalized spacial score (nSPS) is 12.9. The molecule has 0 radical (unpaired) electrons. The molecule has 0 spiro atoms. The van der Waals surface area contributed by atoms with Crippen LogP contribution < -0.4 is 0 Å². The first-order valence-electron chi connectivity index (χ1n) is 5.88. The van der Waals surface area contributed by atoms with E-state index in [4.69, 9.17) is 11.6 Å². The fourth-order valence-electron chi connectivity index (χ4n) is 2.08. The summed E-state index contributed by atoms with van der Waals surface area (Å²) in [4.78, 5) is 0. The summed E-state index contributed by atoms with van der Waals surface area (Å²) in [5, 5.41) is 3.00. The average molecular weight is 233 g/mol. The van der Waals surface area contributed by atoms with Crippen LogP contribution in [0.15, 0.2) is 42.5 Å². The maximum absolute atomic E-state index is 5.96. The van der Waals surface area contributed by atoms with Crippen molar-refractivity contribution in [3.05, 3.63) is 48.0 Å². The molecule has 0 nitrogen and oxygen atoms in total. The molecule has 0 aliphatic heterocycles. The van der Waals surface area contributed by atoms with Gasteiger partial charge < -0.3 is 0 Å². The van der Waals surface area contributed by atoms with Gasteiger partial charge in [0, 0.05) is 5.38 Å². The number of fused-ring (bicyclic) bond motifs is 1. The molecule has 16 heavy (non-hydrogen) atoms. The van der Waals surface area contributed by atoms with Gasteiger partial charge in [-0.15, -0.1) is 11.6 Å². The number of halogens is 1. The van der Waals surface area contributed by atoms with E-state index < -0.39 is 0 Å². The molecule has 0 saturated heterocycles. The second-order valence-electron chi connectivity index (χ2n) is 4.31. The highest BCUT2D eigenvalue weighted by Gasteiger charge is 2.01. The number of benzene rings is 2. The topological polar surface area (TPSA) is 0 Å². The number of aryl methyl sites for hydroxylation is 1. The highest BCUT2D eigenvalue weighted by molar-refractivity contribution is 6.20. The smallest absolute Gasteiger partial charge is 0.0308 e. The number of rotatable bonds is 4. The Kier molecular flexibility index (Phi) is 3.84. The Bertz CT molecular complexity index is 454. The third-order valence-electron chi connectivity index (χ3n) is 2.93. The van der Waals surface area contributed by atoms with Crippen molar-refractivity contribution in [2.45, 2.75) is 31.6 Å². The fourth-order valence-corrected chi connectivity index (χ4v) is 2.24. The SMILES string of the molecule is CC(Cl)CCCc1cccc2ccccc12. The Morgan fingerprint density at radius 2 is 1.81 bits per heavy atom. The lowest BCUT2D eigenvalue weighted by molar-refractivity contribution is 0.726. The minimum Gasteiger partial charge on any atom is -0.123 e. The second kappa shape index (κ2) is 5.36. The molecule has 1 atom stereocenters. The quantitative estimate of drug-likeness (QED) is 0.665. The van der Waals surface area contributed by atoms with Crippen LogP contribution in [0.1, 0.15) is 25.3 Å². The van der Waals surface area contributed by atoms with Crippen LogP contribution in [0.5, 0.6) is 0 Å². The van der Waals surface area contributed by atoms with Crippen molar-refractivity contribution < 1.29 is 0 Å². The largest absolute Gasteiger partial charge is 0.123 e. The third kappa shape index (κ3) is 2.76. The molecular formula is C15H17Cl.